The van der Waals surface area contributed by atoms with Crippen LogP contribution >= 0.6 is 11.6 Å². The van der Waals surface area contributed by atoms with Crippen LogP contribution in [0.4, 0.5) is 4.39 Å². The number of hydrogen-bond acceptors (Lipinski definition) is 2. The maximum atomic E-state index is 13.1. The Morgan fingerprint density at radius 3 is 3.06 bits per heavy atom. The van der Waals surface area contributed by atoms with Crippen LogP contribution in [0.3, 0.4) is 0 Å². The number of amides is 1. The number of halogens is 2. The van der Waals surface area contributed by atoms with Crippen molar-refractivity contribution in [2.75, 3.05) is 6.54 Å². The van der Waals surface area contributed by atoms with E-state index in [2.05, 4.69) is 10.3 Å². The summed E-state index contributed by atoms with van der Waals surface area (Å²) in [5.41, 5.74) is 0.0117. The van der Waals surface area contributed by atoms with Crippen molar-refractivity contribution in [1.29, 1.82) is 0 Å². The van der Waals surface area contributed by atoms with Crippen molar-refractivity contribution >= 4 is 17.5 Å². The molecule has 0 aliphatic rings. The molecule has 0 saturated heterocycles. The van der Waals surface area contributed by atoms with Crippen LogP contribution in [0.2, 0.25) is 0 Å². The van der Waals surface area contributed by atoms with Crippen LogP contribution in [-0.4, -0.2) is 22.8 Å². The van der Waals surface area contributed by atoms with Gasteiger partial charge in [-0.3, -0.25) is 9.78 Å². The van der Waals surface area contributed by atoms with Gasteiger partial charge in [0.25, 0.3) is 5.91 Å². The van der Waals surface area contributed by atoms with Gasteiger partial charge in [-0.15, -0.1) is 11.6 Å². The number of rotatable bonds is 5. The first-order chi connectivity index (χ1) is 7.65. The van der Waals surface area contributed by atoms with Crippen molar-refractivity contribution in [3.8, 4) is 0 Å². The molecule has 1 amide bonds. The highest BCUT2D eigenvalue weighted by Crippen LogP contribution is 2.06. The van der Waals surface area contributed by atoms with Crippen LogP contribution in [0.5, 0.6) is 0 Å². The van der Waals surface area contributed by atoms with E-state index in [1.54, 1.807) is 0 Å². The molecule has 0 fully saturated rings. The van der Waals surface area contributed by atoms with Gasteiger partial charge in [-0.2, -0.15) is 0 Å². The molecule has 0 saturated carbocycles. The summed E-state index contributed by atoms with van der Waals surface area (Å²) >= 11 is 5.89. The standard InChI is InChI=1S/C11H14ClFN2O/c1-2-8(12)3-6-15-11(16)9-4-5-14-7-10(9)13/h4-5,7-8H,2-3,6H2,1H3,(H,15,16). The average molecular weight is 245 g/mol. The third-order valence-electron chi connectivity index (χ3n) is 2.20. The molecule has 1 rings (SSSR count). The summed E-state index contributed by atoms with van der Waals surface area (Å²) in [5, 5.41) is 2.66. The molecule has 0 radical (unpaired) electrons. The van der Waals surface area contributed by atoms with Crippen molar-refractivity contribution in [3.05, 3.63) is 29.8 Å². The van der Waals surface area contributed by atoms with E-state index < -0.39 is 11.7 Å². The number of hydrogen-bond donors (Lipinski definition) is 1. The highest BCUT2D eigenvalue weighted by atomic mass is 35.5. The van der Waals surface area contributed by atoms with Crippen LogP contribution in [-0.2, 0) is 0 Å². The normalized spacial score (nSPS) is 12.2. The fourth-order valence-corrected chi connectivity index (χ4v) is 1.31. The molecule has 5 heteroatoms. The summed E-state index contributed by atoms with van der Waals surface area (Å²) in [6, 6.07) is 1.35. The largest absolute Gasteiger partial charge is 0.352 e. The van der Waals surface area contributed by atoms with Crippen molar-refractivity contribution in [1.82, 2.24) is 10.3 Å². The monoisotopic (exact) mass is 244 g/mol. The van der Waals surface area contributed by atoms with Crippen LogP contribution in [0, 0.1) is 5.82 Å². The molecule has 1 aromatic heterocycles. The minimum atomic E-state index is -0.613. The van der Waals surface area contributed by atoms with E-state index in [9.17, 15) is 9.18 Å². The summed E-state index contributed by atoms with van der Waals surface area (Å²) in [7, 11) is 0. The van der Waals surface area contributed by atoms with E-state index >= 15 is 0 Å². The first kappa shape index (κ1) is 12.9. The van der Waals surface area contributed by atoms with Crippen LogP contribution in [0.25, 0.3) is 0 Å². The molecule has 0 aliphatic heterocycles. The topological polar surface area (TPSA) is 42.0 Å². The molecule has 1 aromatic rings. The Morgan fingerprint density at radius 2 is 2.44 bits per heavy atom. The third kappa shape index (κ3) is 3.77. The van der Waals surface area contributed by atoms with E-state index in [0.29, 0.717) is 13.0 Å². The number of pyridine rings is 1. The van der Waals surface area contributed by atoms with Gasteiger partial charge < -0.3 is 5.32 Å². The zero-order valence-corrected chi connectivity index (χ0v) is 9.80. The van der Waals surface area contributed by atoms with Gasteiger partial charge in [-0.25, -0.2) is 4.39 Å². The molecule has 3 nitrogen and oxygen atoms in total. The van der Waals surface area contributed by atoms with E-state index in [4.69, 9.17) is 11.6 Å². The predicted molar refractivity (Wildman–Crippen MR) is 61.1 cm³/mol. The quantitative estimate of drug-likeness (QED) is 0.808. The molecule has 1 unspecified atom stereocenters. The summed E-state index contributed by atoms with van der Waals surface area (Å²) in [6.45, 7) is 2.42. The Kier molecular flexibility index (Phi) is 5.19. The zero-order valence-electron chi connectivity index (χ0n) is 9.04. The van der Waals surface area contributed by atoms with Crippen molar-refractivity contribution in [3.63, 3.8) is 0 Å². The van der Waals surface area contributed by atoms with Crippen molar-refractivity contribution < 1.29 is 9.18 Å². The van der Waals surface area contributed by atoms with Crippen LogP contribution < -0.4 is 5.32 Å². The van der Waals surface area contributed by atoms with Gasteiger partial charge in [0.2, 0.25) is 0 Å². The average Bonchev–Trinajstić information content (AvgIpc) is 2.29. The predicted octanol–water partition coefficient (Wildman–Crippen LogP) is 2.36. The zero-order chi connectivity index (χ0) is 12.0. The molecule has 88 valence electrons. The number of carbonyl (C=O) groups excluding carboxylic acids is 1. The van der Waals surface area contributed by atoms with Crippen molar-refractivity contribution in [2.45, 2.75) is 25.1 Å². The molecular formula is C11H14ClFN2O. The van der Waals surface area contributed by atoms with E-state index in [0.717, 1.165) is 12.6 Å². The fourth-order valence-electron chi connectivity index (χ4n) is 1.20. The van der Waals surface area contributed by atoms with Crippen LogP contribution in [0.1, 0.15) is 30.1 Å². The maximum Gasteiger partial charge on any atom is 0.254 e. The SMILES string of the molecule is CCC(Cl)CCNC(=O)c1ccncc1F. The number of nitrogens with zero attached hydrogens (tertiary/aromatic N) is 1. The Hall–Kier alpha value is -1.16. The van der Waals surface area contributed by atoms with Gasteiger partial charge in [0.05, 0.1) is 11.8 Å². The first-order valence-electron chi connectivity index (χ1n) is 5.17. The van der Waals surface area contributed by atoms with Gasteiger partial charge in [-0.05, 0) is 18.9 Å². The first-order valence-corrected chi connectivity index (χ1v) is 5.60. The Morgan fingerprint density at radius 1 is 1.69 bits per heavy atom. The summed E-state index contributed by atoms with van der Waals surface area (Å²) in [4.78, 5) is 15.1. The van der Waals surface area contributed by atoms with Gasteiger partial charge in [-0.1, -0.05) is 6.92 Å². The van der Waals surface area contributed by atoms with Crippen LogP contribution in [0.15, 0.2) is 18.5 Å². The second-order valence-electron chi connectivity index (χ2n) is 3.41. The lowest BCUT2D eigenvalue weighted by molar-refractivity contribution is 0.0949. The summed E-state index contributed by atoms with van der Waals surface area (Å²) in [6.07, 6.45) is 3.93. The highest BCUT2D eigenvalue weighted by molar-refractivity contribution is 6.20. The van der Waals surface area contributed by atoms with Crippen molar-refractivity contribution in [2.24, 2.45) is 0 Å². The lowest BCUT2D eigenvalue weighted by Crippen LogP contribution is -2.26. The molecular weight excluding hydrogens is 231 g/mol. The van der Waals surface area contributed by atoms with Gasteiger partial charge in [0.15, 0.2) is 5.82 Å². The molecule has 0 aliphatic carbocycles. The smallest absolute Gasteiger partial charge is 0.254 e. The van der Waals surface area contributed by atoms with Gasteiger partial charge >= 0.3 is 0 Å². The molecule has 1 heterocycles. The Balaban J connectivity index is 2.44. The Labute approximate surface area is 99.0 Å². The maximum absolute atomic E-state index is 13.1. The molecule has 0 bridgehead atoms. The summed E-state index contributed by atoms with van der Waals surface area (Å²) < 4.78 is 13.1. The minimum absolute atomic E-state index is 0.0117. The van der Waals surface area contributed by atoms with E-state index in [-0.39, 0.29) is 10.9 Å². The molecule has 1 atom stereocenters. The van der Waals surface area contributed by atoms with Gasteiger partial charge in [0.1, 0.15) is 0 Å². The van der Waals surface area contributed by atoms with Gasteiger partial charge in [0, 0.05) is 18.1 Å². The minimum Gasteiger partial charge on any atom is -0.352 e. The number of nitrogens with one attached hydrogen (secondary N) is 1. The lowest BCUT2D eigenvalue weighted by Gasteiger charge is -2.08. The summed E-state index contributed by atoms with van der Waals surface area (Å²) in [5.74, 6) is -1.04. The van der Waals surface area contributed by atoms with E-state index in [1.807, 2.05) is 6.92 Å². The molecule has 0 spiro atoms. The fraction of sp³-hybridized carbons (Fsp3) is 0.455. The lowest BCUT2D eigenvalue weighted by atomic mass is 10.2. The third-order valence-corrected chi connectivity index (χ3v) is 2.73. The number of carbonyl (C=O) groups is 1. The molecule has 16 heavy (non-hydrogen) atoms. The number of aromatic nitrogens is 1. The molecule has 1 N–H and O–H groups in total. The van der Waals surface area contributed by atoms with E-state index in [1.165, 1.54) is 12.3 Å². The number of alkyl halides is 1. The second kappa shape index (κ2) is 6.43. The highest BCUT2D eigenvalue weighted by Gasteiger charge is 2.10. The Bertz CT molecular complexity index is 360. The second-order valence-corrected chi connectivity index (χ2v) is 4.02. The molecule has 0 aromatic carbocycles.